The van der Waals surface area contributed by atoms with E-state index in [0.29, 0.717) is 3.79 Å². The molecule has 0 amide bonds. The van der Waals surface area contributed by atoms with Crippen molar-refractivity contribution in [2.75, 3.05) is 0 Å². The van der Waals surface area contributed by atoms with Gasteiger partial charge in [-0.05, 0) is 27.4 Å². The lowest BCUT2D eigenvalue weighted by Crippen LogP contribution is -1.96. The molecule has 6 heteroatoms. The third kappa shape index (κ3) is 1.73. The van der Waals surface area contributed by atoms with E-state index in [1.54, 1.807) is 11.3 Å². The summed E-state index contributed by atoms with van der Waals surface area (Å²) in [6.07, 6.45) is 0. The van der Waals surface area contributed by atoms with Gasteiger partial charge in [0.05, 0.1) is 4.88 Å². The molecule has 2 rings (SSSR count). The van der Waals surface area contributed by atoms with E-state index >= 15 is 0 Å². The SMILES string of the molecule is O=C(O)c1nc(-c2cccs2)sc1Br. The van der Waals surface area contributed by atoms with Gasteiger partial charge in [-0.2, -0.15) is 0 Å². The Kier molecular flexibility index (Phi) is 2.66. The highest BCUT2D eigenvalue weighted by atomic mass is 79.9. The lowest BCUT2D eigenvalue weighted by Gasteiger charge is -1.85. The predicted octanol–water partition coefficient (Wildman–Crippen LogP) is 3.33. The van der Waals surface area contributed by atoms with Crippen LogP contribution in [0.2, 0.25) is 0 Å². The van der Waals surface area contributed by atoms with E-state index in [1.165, 1.54) is 11.3 Å². The van der Waals surface area contributed by atoms with Gasteiger partial charge >= 0.3 is 5.97 Å². The number of hydrogen-bond acceptors (Lipinski definition) is 4. The van der Waals surface area contributed by atoms with E-state index in [4.69, 9.17) is 5.11 Å². The standard InChI is InChI=1S/C8H4BrNO2S2/c9-6-5(8(11)12)10-7(14-6)4-2-1-3-13-4/h1-3H,(H,11,12). The second-order valence-corrected chi connectivity index (χ2v) is 5.69. The Bertz CT molecular complexity index is 464. The van der Waals surface area contributed by atoms with Crippen molar-refractivity contribution in [1.29, 1.82) is 0 Å². The van der Waals surface area contributed by atoms with Crippen molar-refractivity contribution >= 4 is 44.6 Å². The highest BCUT2D eigenvalue weighted by molar-refractivity contribution is 9.11. The molecule has 2 aromatic heterocycles. The normalized spacial score (nSPS) is 10.4. The van der Waals surface area contributed by atoms with Gasteiger partial charge in [0.1, 0.15) is 8.79 Å². The number of carbonyl (C=O) groups is 1. The highest BCUT2D eigenvalue weighted by Gasteiger charge is 2.16. The molecule has 0 atom stereocenters. The van der Waals surface area contributed by atoms with Gasteiger partial charge in [-0.15, -0.1) is 22.7 Å². The molecule has 0 spiro atoms. The van der Waals surface area contributed by atoms with E-state index in [9.17, 15) is 4.79 Å². The van der Waals surface area contributed by atoms with Crippen LogP contribution < -0.4 is 0 Å². The maximum Gasteiger partial charge on any atom is 0.356 e. The van der Waals surface area contributed by atoms with E-state index < -0.39 is 5.97 Å². The summed E-state index contributed by atoms with van der Waals surface area (Å²) in [6.45, 7) is 0. The van der Waals surface area contributed by atoms with Gasteiger partial charge in [-0.1, -0.05) is 6.07 Å². The van der Waals surface area contributed by atoms with E-state index in [2.05, 4.69) is 20.9 Å². The quantitative estimate of drug-likeness (QED) is 0.923. The van der Waals surface area contributed by atoms with E-state index in [-0.39, 0.29) is 5.69 Å². The van der Waals surface area contributed by atoms with Crippen LogP contribution in [0, 0.1) is 0 Å². The van der Waals surface area contributed by atoms with Crippen LogP contribution in [0.4, 0.5) is 0 Å². The second-order valence-electron chi connectivity index (χ2n) is 2.42. The Hall–Kier alpha value is -0.720. The molecule has 3 nitrogen and oxygen atoms in total. The van der Waals surface area contributed by atoms with Crippen molar-refractivity contribution in [1.82, 2.24) is 4.98 Å². The van der Waals surface area contributed by atoms with Crippen molar-refractivity contribution in [3.63, 3.8) is 0 Å². The summed E-state index contributed by atoms with van der Waals surface area (Å²) in [5.74, 6) is -1.00. The number of hydrogen-bond donors (Lipinski definition) is 1. The van der Waals surface area contributed by atoms with Crippen molar-refractivity contribution in [3.05, 3.63) is 27.0 Å². The first-order chi connectivity index (χ1) is 6.68. The molecule has 0 aromatic carbocycles. The average molecular weight is 290 g/mol. The average Bonchev–Trinajstić information content (AvgIpc) is 2.70. The minimum absolute atomic E-state index is 0.0819. The van der Waals surface area contributed by atoms with Crippen LogP contribution in [0.15, 0.2) is 21.3 Å². The molecular formula is C8H4BrNO2S2. The summed E-state index contributed by atoms with van der Waals surface area (Å²) in [7, 11) is 0. The van der Waals surface area contributed by atoms with E-state index in [1.807, 2.05) is 17.5 Å². The first-order valence-corrected chi connectivity index (χ1v) is 6.11. The number of thiophene rings is 1. The molecule has 0 fully saturated rings. The molecule has 14 heavy (non-hydrogen) atoms. The molecule has 0 aliphatic heterocycles. The molecule has 0 aliphatic carbocycles. The molecule has 72 valence electrons. The summed E-state index contributed by atoms with van der Waals surface area (Å²) in [5, 5.41) is 11.5. The molecule has 0 radical (unpaired) electrons. The largest absolute Gasteiger partial charge is 0.476 e. The first kappa shape index (κ1) is 9.82. The molecule has 1 N–H and O–H groups in total. The van der Waals surface area contributed by atoms with Crippen LogP contribution in [-0.4, -0.2) is 16.1 Å². The number of halogens is 1. The molecule has 0 saturated carbocycles. The molecule has 2 heterocycles. The molecule has 0 aliphatic rings. The maximum atomic E-state index is 10.7. The fraction of sp³-hybridized carbons (Fsp3) is 0. The number of nitrogens with zero attached hydrogens (tertiary/aromatic N) is 1. The summed E-state index contributed by atoms with van der Waals surface area (Å²) in [6, 6.07) is 3.83. The van der Waals surface area contributed by atoms with Crippen molar-refractivity contribution in [2.45, 2.75) is 0 Å². The number of aromatic carboxylic acids is 1. The van der Waals surface area contributed by atoms with Crippen LogP contribution in [-0.2, 0) is 0 Å². The fourth-order valence-corrected chi connectivity index (χ4v) is 3.24. The van der Waals surface area contributed by atoms with Crippen molar-refractivity contribution < 1.29 is 9.90 Å². The van der Waals surface area contributed by atoms with Gasteiger partial charge < -0.3 is 5.11 Å². The molecule has 0 bridgehead atoms. The highest BCUT2D eigenvalue weighted by Crippen LogP contribution is 2.34. The van der Waals surface area contributed by atoms with Crippen molar-refractivity contribution in [3.8, 4) is 9.88 Å². The topological polar surface area (TPSA) is 50.2 Å². The first-order valence-electron chi connectivity index (χ1n) is 3.62. The second kappa shape index (κ2) is 3.80. The number of rotatable bonds is 2. The number of carboxylic acids is 1. The zero-order chi connectivity index (χ0) is 10.1. The summed E-state index contributed by atoms with van der Waals surface area (Å²) in [4.78, 5) is 15.7. The molecule has 2 aromatic rings. The summed E-state index contributed by atoms with van der Waals surface area (Å²) >= 11 is 6.06. The lowest BCUT2D eigenvalue weighted by molar-refractivity contribution is 0.0690. The Morgan fingerprint density at radius 1 is 1.57 bits per heavy atom. The minimum atomic E-state index is -1.00. The number of carboxylic acid groups (broad SMARTS) is 1. The zero-order valence-electron chi connectivity index (χ0n) is 6.73. The maximum absolute atomic E-state index is 10.7. The number of aromatic nitrogens is 1. The smallest absolute Gasteiger partial charge is 0.356 e. The monoisotopic (exact) mass is 289 g/mol. The van der Waals surface area contributed by atoms with Gasteiger partial charge in [-0.25, -0.2) is 9.78 Å². The minimum Gasteiger partial charge on any atom is -0.476 e. The van der Waals surface area contributed by atoms with E-state index in [0.717, 1.165) is 9.88 Å². The lowest BCUT2D eigenvalue weighted by atomic mass is 10.5. The summed E-state index contributed by atoms with van der Waals surface area (Å²) in [5.41, 5.74) is 0.0819. The van der Waals surface area contributed by atoms with Crippen molar-refractivity contribution in [2.24, 2.45) is 0 Å². The van der Waals surface area contributed by atoms with Gasteiger partial charge in [0.2, 0.25) is 0 Å². The van der Waals surface area contributed by atoms with Gasteiger partial charge in [0.15, 0.2) is 5.69 Å². The van der Waals surface area contributed by atoms with Gasteiger partial charge in [0, 0.05) is 0 Å². The Balaban J connectivity index is 2.48. The number of thiazole rings is 1. The molecule has 0 unspecified atom stereocenters. The third-order valence-corrected chi connectivity index (χ3v) is 4.26. The fourth-order valence-electron chi connectivity index (χ4n) is 0.939. The van der Waals surface area contributed by atoms with Crippen LogP contribution in [0.3, 0.4) is 0 Å². The summed E-state index contributed by atoms with van der Waals surface area (Å²) < 4.78 is 0.563. The third-order valence-electron chi connectivity index (χ3n) is 1.52. The van der Waals surface area contributed by atoms with Gasteiger partial charge in [-0.3, -0.25) is 0 Å². The molecular weight excluding hydrogens is 286 g/mol. The Labute approximate surface area is 96.2 Å². The van der Waals surface area contributed by atoms with Gasteiger partial charge in [0.25, 0.3) is 0 Å². The van der Waals surface area contributed by atoms with Crippen LogP contribution in [0.1, 0.15) is 10.5 Å². The Morgan fingerprint density at radius 2 is 2.36 bits per heavy atom. The zero-order valence-corrected chi connectivity index (χ0v) is 9.95. The molecule has 0 saturated heterocycles. The van der Waals surface area contributed by atoms with Crippen LogP contribution >= 0.6 is 38.6 Å². The Morgan fingerprint density at radius 3 is 2.86 bits per heavy atom. The van der Waals surface area contributed by atoms with Crippen LogP contribution in [0.25, 0.3) is 9.88 Å². The van der Waals surface area contributed by atoms with Crippen LogP contribution in [0.5, 0.6) is 0 Å². The predicted molar refractivity (Wildman–Crippen MR) is 60.1 cm³/mol.